The highest BCUT2D eigenvalue weighted by Crippen LogP contribution is 2.24. The second-order valence-corrected chi connectivity index (χ2v) is 3.36. The normalized spacial score (nSPS) is 14.6. The van der Waals surface area contributed by atoms with Gasteiger partial charge in [-0.25, -0.2) is 4.99 Å². The molecule has 1 aromatic carbocycles. The average molecular weight is 227 g/mol. The number of halogens is 1. The summed E-state index contributed by atoms with van der Waals surface area (Å²) < 4.78 is 5.22. The molecule has 78 valence electrons. The second-order valence-electron chi connectivity index (χ2n) is 2.96. The van der Waals surface area contributed by atoms with Crippen LogP contribution in [0.15, 0.2) is 23.2 Å². The van der Waals surface area contributed by atoms with Crippen LogP contribution in [0.25, 0.3) is 0 Å². The molecule has 0 aliphatic carbocycles. The zero-order valence-electron chi connectivity index (χ0n) is 7.64. The van der Waals surface area contributed by atoms with Crippen LogP contribution in [-0.2, 0) is 4.74 Å². The lowest BCUT2D eigenvalue weighted by Gasteiger charge is -2.03. The Balaban J connectivity index is 2.38. The number of nitrogens with zero attached hydrogens (tertiary/aromatic N) is 2. The molecule has 1 aliphatic rings. The van der Waals surface area contributed by atoms with Crippen molar-refractivity contribution in [3.63, 3.8) is 0 Å². The van der Waals surface area contributed by atoms with Crippen LogP contribution in [0.2, 0.25) is 5.02 Å². The third-order valence-electron chi connectivity index (χ3n) is 1.98. The van der Waals surface area contributed by atoms with Crippen LogP contribution in [0.4, 0.5) is 5.69 Å². The molecule has 6 heteroatoms. The van der Waals surface area contributed by atoms with Crippen molar-refractivity contribution >= 4 is 23.2 Å². The van der Waals surface area contributed by atoms with E-state index in [0.717, 1.165) is 0 Å². The van der Waals surface area contributed by atoms with E-state index >= 15 is 0 Å². The lowest BCUT2D eigenvalue weighted by molar-refractivity contribution is -0.384. The lowest BCUT2D eigenvalue weighted by Crippen LogP contribution is -2.02. The van der Waals surface area contributed by atoms with Gasteiger partial charge in [0.05, 0.1) is 22.1 Å². The number of nitro groups is 1. The monoisotopic (exact) mass is 226 g/mol. The van der Waals surface area contributed by atoms with Gasteiger partial charge in [0.25, 0.3) is 5.69 Å². The summed E-state index contributed by atoms with van der Waals surface area (Å²) in [4.78, 5) is 14.1. The second kappa shape index (κ2) is 3.86. The van der Waals surface area contributed by atoms with E-state index in [0.29, 0.717) is 24.6 Å². The molecule has 1 heterocycles. The highest BCUT2D eigenvalue weighted by molar-refractivity contribution is 6.34. The van der Waals surface area contributed by atoms with Crippen LogP contribution < -0.4 is 0 Å². The number of ether oxygens (including phenoxy) is 1. The van der Waals surface area contributed by atoms with E-state index in [4.69, 9.17) is 16.3 Å². The van der Waals surface area contributed by atoms with Gasteiger partial charge < -0.3 is 4.74 Å². The third-order valence-corrected chi connectivity index (χ3v) is 2.29. The van der Waals surface area contributed by atoms with Gasteiger partial charge in [-0.2, -0.15) is 0 Å². The third kappa shape index (κ3) is 1.92. The molecule has 0 saturated carbocycles. The molecule has 0 N–H and O–H groups in total. The number of hydrogen-bond acceptors (Lipinski definition) is 4. The maximum atomic E-state index is 10.5. The molecular formula is C9H7ClN2O3. The fraction of sp³-hybridized carbons (Fsp3) is 0.222. The Morgan fingerprint density at radius 2 is 2.33 bits per heavy atom. The molecule has 1 aliphatic heterocycles. The Morgan fingerprint density at radius 1 is 1.53 bits per heavy atom. The minimum atomic E-state index is -0.493. The zero-order valence-corrected chi connectivity index (χ0v) is 8.40. The summed E-state index contributed by atoms with van der Waals surface area (Å²) in [6.07, 6.45) is 0. The first kappa shape index (κ1) is 9.92. The molecule has 0 atom stereocenters. The number of benzene rings is 1. The van der Waals surface area contributed by atoms with Gasteiger partial charge >= 0.3 is 0 Å². The molecule has 0 saturated heterocycles. The van der Waals surface area contributed by atoms with Crippen molar-refractivity contribution in [2.75, 3.05) is 13.2 Å². The van der Waals surface area contributed by atoms with Crippen molar-refractivity contribution in [3.05, 3.63) is 38.9 Å². The summed E-state index contributed by atoms with van der Waals surface area (Å²) in [5.74, 6) is 0.454. The molecule has 0 amide bonds. The quantitative estimate of drug-likeness (QED) is 0.572. The minimum Gasteiger partial charge on any atom is -0.475 e. The van der Waals surface area contributed by atoms with Gasteiger partial charge in [-0.3, -0.25) is 10.1 Å². The summed E-state index contributed by atoms with van der Waals surface area (Å²) >= 11 is 5.89. The average Bonchev–Trinajstić information content (AvgIpc) is 2.70. The summed E-state index contributed by atoms with van der Waals surface area (Å²) in [5.41, 5.74) is 0.558. The van der Waals surface area contributed by atoms with Crippen LogP contribution in [0.1, 0.15) is 5.56 Å². The molecule has 0 bridgehead atoms. The van der Waals surface area contributed by atoms with E-state index in [1.54, 1.807) is 6.07 Å². The molecule has 1 aromatic rings. The molecule has 5 nitrogen and oxygen atoms in total. The van der Waals surface area contributed by atoms with Crippen molar-refractivity contribution in [1.29, 1.82) is 0 Å². The van der Waals surface area contributed by atoms with Crippen molar-refractivity contribution in [1.82, 2.24) is 0 Å². The number of hydrogen-bond donors (Lipinski definition) is 0. The highest BCUT2D eigenvalue weighted by atomic mass is 35.5. The van der Waals surface area contributed by atoms with Crippen molar-refractivity contribution in [2.45, 2.75) is 0 Å². The van der Waals surface area contributed by atoms with E-state index in [2.05, 4.69) is 4.99 Å². The van der Waals surface area contributed by atoms with E-state index in [1.807, 2.05) is 0 Å². The van der Waals surface area contributed by atoms with E-state index in [-0.39, 0.29) is 10.7 Å². The van der Waals surface area contributed by atoms with Crippen LogP contribution >= 0.6 is 11.6 Å². The van der Waals surface area contributed by atoms with Gasteiger partial charge in [0.15, 0.2) is 0 Å². The Morgan fingerprint density at radius 3 is 2.87 bits per heavy atom. The van der Waals surface area contributed by atoms with Gasteiger partial charge in [0.2, 0.25) is 5.90 Å². The Labute approximate surface area is 90.5 Å². The minimum absolute atomic E-state index is 0.0395. The standard InChI is InChI=1S/C9H7ClN2O3/c10-8-5-6(12(13)14)1-2-7(8)9-11-3-4-15-9/h1-2,5H,3-4H2. The predicted molar refractivity (Wildman–Crippen MR) is 55.5 cm³/mol. The maximum absolute atomic E-state index is 10.5. The fourth-order valence-corrected chi connectivity index (χ4v) is 1.54. The first-order valence-corrected chi connectivity index (χ1v) is 4.68. The van der Waals surface area contributed by atoms with Crippen LogP contribution in [0, 0.1) is 10.1 Å². The largest absolute Gasteiger partial charge is 0.475 e. The van der Waals surface area contributed by atoms with Crippen molar-refractivity contribution < 1.29 is 9.66 Å². The summed E-state index contributed by atoms with van der Waals surface area (Å²) in [6.45, 7) is 1.13. The molecule has 0 radical (unpaired) electrons. The molecule has 15 heavy (non-hydrogen) atoms. The smallest absolute Gasteiger partial charge is 0.270 e. The van der Waals surface area contributed by atoms with Crippen LogP contribution in [0.5, 0.6) is 0 Å². The van der Waals surface area contributed by atoms with E-state index < -0.39 is 4.92 Å². The van der Waals surface area contributed by atoms with Gasteiger partial charge in [0, 0.05) is 12.1 Å². The fourth-order valence-electron chi connectivity index (χ4n) is 1.29. The lowest BCUT2D eigenvalue weighted by atomic mass is 10.2. The number of non-ortho nitro benzene ring substituents is 1. The van der Waals surface area contributed by atoms with Crippen molar-refractivity contribution in [3.8, 4) is 0 Å². The number of rotatable bonds is 2. The predicted octanol–water partition coefficient (Wildman–Crippen LogP) is 2.02. The Bertz CT molecular complexity index is 445. The summed E-state index contributed by atoms with van der Waals surface area (Å²) in [6, 6.07) is 4.22. The molecule has 0 spiro atoms. The highest BCUT2D eigenvalue weighted by Gasteiger charge is 2.16. The molecule has 0 unspecified atom stereocenters. The number of nitro benzene ring substituents is 1. The van der Waals surface area contributed by atoms with E-state index in [1.165, 1.54) is 12.1 Å². The van der Waals surface area contributed by atoms with Crippen LogP contribution in [0.3, 0.4) is 0 Å². The Kier molecular flexibility index (Phi) is 2.55. The summed E-state index contributed by atoms with van der Waals surface area (Å²) in [5, 5.41) is 10.8. The summed E-state index contributed by atoms with van der Waals surface area (Å²) in [7, 11) is 0. The molecule has 0 aromatic heterocycles. The first-order chi connectivity index (χ1) is 7.18. The first-order valence-electron chi connectivity index (χ1n) is 4.30. The maximum Gasteiger partial charge on any atom is 0.270 e. The number of aliphatic imine (C=N–C) groups is 1. The SMILES string of the molecule is O=[N+]([O-])c1ccc(C2=NCCO2)c(Cl)c1. The van der Waals surface area contributed by atoms with Crippen molar-refractivity contribution in [2.24, 2.45) is 4.99 Å². The van der Waals surface area contributed by atoms with Gasteiger partial charge in [0.1, 0.15) is 6.61 Å². The molecule has 2 rings (SSSR count). The van der Waals surface area contributed by atoms with E-state index in [9.17, 15) is 10.1 Å². The topological polar surface area (TPSA) is 64.7 Å². The zero-order chi connectivity index (χ0) is 10.8. The van der Waals surface area contributed by atoms with Gasteiger partial charge in [-0.15, -0.1) is 0 Å². The van der Waals surface area contributed by atoms with Gasteiger partial charge in [-0.1, -0.05) is 11.6 Å². The Hall–Kier alpha value is -1.62. The van der Waals surface area contributed by atoms with Gasteiger partial charge in [-0.05, 0) is 6.07 Å². The molecular weight excluding hydrogens is 220 g/mol. The van der Waals surface area contributed by atoms with Crippen LogP contribution in [-0.4, -0.2) is 24.0 Å². The molecule has 0 fully saturated rings.